The molecule has 1 aromatic rings. The van der Waals surface area contributed by atoms with Crippen molar-refractivity contribution < 1.29 is 19.4 Å². The fourth-order valence-corrected chi connectivity index (χ4v) is 1.68. The van der Waals surface area contributed by atoms with Crippen molar-refractivity contribution in [3.05, 3.63) is 23.0 Å². The van der Waals surface area contributed by atoms with Crippen LogP contribution in [-0.4, -0.2) is 57.9 Å². The number of hydrogen-bond donors (Lipinski definition) is 1. The highest BCUT2D eigenvalue weighted by Crippen LogP contribution is 2.10. The van der Waals surface area contributed by atoms with E-state index in [4.69, 9.17) is 21.4 Å². The molecule has 8 heteroatoms. The zero-order valence-electron chi connectivity index (χ0n) is 9.24. The molecule has 1 N–H and O–H groups in total. The topological polar surface area (TPSA) is 92.6 Å². The van der Waals surface area contributed by atoms with Crippen LogP contribution in [0.15, 0.2) is 12.1 Å². The molecular formula is C10H10ClN3O4. The fourth-order valence-electron chi connectivity index (χ4n) is 1.58. The van der Waals surface area contributed by atoms with Crippen molar-refractivity contribution in [1.82, 2.24) is 15.1 Å². The number of hydrogen-bond acceptors (Lipinski definition) is 5. The van der Waals surface area contributed by atoms with E-state index in [0.717, 1.165) is 0 Å². The van der Waals surface area contributed by atoms with Gasteiger partial charge in [0.25, 0.3) is 5.91 Å². The monoisotopic (exact) mass is 271 g/mol. The highest BCUT2D eigenvalue weighted by molar-refractivity contribution is 6.29. The van der Waals surface area contributed by atoms with Crippen LogP contribution in [0.1, 0.15) is 10.5 Å². The molecule has 1 atom stereocenters. The van der Waals surface area contributed by atoms with Gasteiger partial charge in [0, 0.05) is 6.54 Å². The van der Waals surface area contributed by atoms with Gasteiger partial charge in [-0.2, -0.15) is 0 Å². The molecule has 1 aliphatic heterocycles. The van der Waals surface area contributed by atoms with Crippen LogP contribution in [-0.2, 0) is 9.53 Å². The number of aromatic nitrogens is 2. The quantitative estimate of drug-likeness (QED) is 0.817. The van der Waals surface area contributed by atoms with Gasteiger partial charge in [-0.05, 0) is 12.1 Å². The Balaban J connectivity index is 2.09. The smallest absolute Gasteiger partial charge is 0.334 e. The molecule has 1 unspecified atom stereocenters. The third-order valence-electron chi connectivity index (χ3n) is 2.48. The van der Waals surface area contributed by atoms with E-state index < -0.39 is 12.1 Å². The summed E-state index contributed by atoms with van der Waals surface area (Å²) in [4.78, 5) is 24.2. The summed E-state index contributed by atoms with van der Waals surface area (Å²) in [6.45, 7) is 0.509. The number of carbonyl (C=O) groups is 2. The van der Waals surface area contributed by atoms with Gasteiger partial charge in [-0.1, -0.05) is 11.6 Å². The lowest BCUT2D eigenvalue weighted by atomic mass is 10.2. The summed E-state index contributed by atoms with van der Waals surface area (Å²) in [5, 5.41) is 16.3. The Morgan fingerprint density at radius 3 is 2.83 bits per heavy atom. The summed E-state index contributed by atoms with van der Waals surface area (Å²) in [6.07, 6.45) is -0.997. The van der Waals surface area contributed by atoms with Crippen molar-refractivity contribution in [3.63, 3.8) is 0 Å². The normalized spacial score (nSPS) is 19.6. The van der Waals surface area contributed by atoms with Crippen LogP contribution in [0.2, 0.25) is 5.15 Å². The first kappa shape index (κ1) is 12.7. The molecule has 1 saturated heterocycles. The van der Waals surface area contributed by atoms with E-state index in [0.29, 0.717) is 6.54 Å². The Bertz CT molecular complexity index is 465. The second-order valence-corrected chi connectivity index (χ2v) is 4.08. The van der Waals surface area contributed by atoms with Crippen LogP contribution in [0.4, 0.5) is 0 Å². The molecule has 0 aromatic carbocycles. The average Bonchev–Trinajstić information content (AvgIpc) is 2.39. The fraction of sp³-hybridized carbons (Fsp3) is 0.400. The van der Waals surface area contributed by atoms with Crippen molar-refractivity contribution >= 4 is 23.5 Å². The number of carbonyl (C=O) groups excluding carboxylic acids is 1. The van der Waals surface area contributed by atoms with Crippen molar-refractivity contribution in [3.8, 4) is 0 Å². The first-order valence-electron chi connectivity index (χ1n) is 5.21. The molecule has 0 saturated carbocycles. The van der Waals surface area contributed by atoms with Gasteiger partial charge in [0.2, 0.25) is 0 Å². The number of morpholine rings is 1. The third-order valence-corrected chi connectivity index (χ3v) is 2.68. The van der Waals surface area contributed by atoms with Crippen molar-refractivity contribution in [1.29, 1.82) is 0 Å². The van der Waals surface area contributed by atoms with Crippen molar-refractivity contribution in [2.24, 2.45) is 0 Å². The lowest BCUT2D eigenvalue weighted by Crippen LogP contribution is -2.48. The van der Waals surface area contributed by atoms with Crippen LogP contribution in [0.3, 0.4) is 0 Å². The second kappa shape index (κ2) is 5.28. The van der Waals surface area contributed by atoms with Gasteiger partial charge in [0.1, 0.15) is 0 Å². The van der Waals surface area contributed by atoms with E-state index in [1.165, 1.54) is 17.0 Å². The van der Waals surface area contributed by atoms with Gasteiger partial charge in [-0.3, -0.25) is 4.79 Å². The molecule has 1 fully saturated rings. The van der Waals surface area contributed by atoms with Gasteiger partial charge in [0.15, 0.2) is 17.0 Å². The minimum atomic E-state index is -1.09. The Kier molecular flexibility index (Phi) is 3.73. The zero-order chi connectivity index (χ0) is 13.1. The molecule has 0 spiro atoms. The molecular weight excluding hydrogens is 262 g/mol. The minimum Gasteiger partial charge on any atom is -0.479 e. The van der Waals surface area contributed by atoms with E-state index in [9.17, 15) is 9.59 Å². The molecule has 7 nitrogen and oxygen atoms in total. The average molecular weight is 272 g/mol. The third kappa shape index (κ3) is 2.74. The Labute approximate surface area is 107 Å². The number of amides is 1. The lowest BCUT2D eigenvalue weighted by Gasteiger charge is -2.30. The molecule has 96 valence electrons. The largest absolute Gasteiger partial charge is 0.479 e. The Hall–Kier alpha value is -1.73. The van der Waals surface area contributed by atoms with Crippen LogP contribution in [0.5, 0.6) is 0 Å². The van der Waals surface area contributed by atoms with Gasteiger partial charge < -0.3 is 14.7 Å². The Morgan fingerprint density at radius 1 is 1.44 bits per heavy atom. The molecule has 2 rings (SSSR count). The molecule has 1 aromatic heterocycles. The second-order valence-electron chi connectivity index (χ2n) is 3.69. The van der Waals surface area contributed by atoms with E-state index in [1.54, 1.807) is 0 Å². The number of halogens is 1. The van der Waals surface area contributed by atoms with E-state index in [2.05, 4.69) is 10.2 Å². The minimum absolute atomic E-state index is 0.00151. The summed E-state index contributed by atoms with van der Waals surface area (Å²) < 4.78 is 5.02. The number of nitrogens with zero attached hydrogens (tertiary/aromatic N) is 3. The highest BCUT2D eigenvalue weighted by Gasteiger charge is 2.30. The highest BCUT2D eigenvalue weighted by atomic mass is 35.5. The van der Waals surface area contributed by atoms with Crippen molar-refractivity contribution in [2.45, 2.75) is 6.10 Å². The van der Waals surface area contributed by atoms with E-state index >= 15 is 0 Å². The van der Waals surface area contributed by atoms with Crippen molar-refractivity contribution in [2.75, 3.05) is 19.7 Å². The molecule has 1 aliphatic rings. The molecule has 1 amide bonds. The zero-order valence-corrected chi connectivity index (χ0v) is 10.0. The first-order chi connectivity index (χ1) is 8.58. The SMILES string of the molecule is O=C(O)C1CN(C(=O)c2ccc(Cl)nn2)CCO1. The molecule has 0 aliphatic carbocycles. The molecule has 2 heterocycles. The lowest BCUT2D eigenvalue weighted by molar-refractivity contribution is -0.154. The van der Waals surface area contributed by atoms with Crippen LogP contribution in [0, 0.1) is 0 Å². The van der Waals surface area contributed by atoms with Crippen LogP contribution >= 0.6 is 11.6 Å². The maximum absolute atomic E-state index is 12.0. The maximum Gasteiger partial charge on any atom is 0.334 e. The number of carboxylic acids is 1. The summed E-state index contributed by atoms with van der Waals surface area (Å²) in [7, 11) is 0. The molecule has 0 bridgehead atoms. The van der Waals surface area contributed by atoms with Gasteiger partial charge in [-0.15, -0.1) is 10.2 Å². The first-order valence-corrected chi connectivity index (χ1v) is 5.58. The predicted octanol–water partition coefficient (Wildman–Crippen LogP) is 0.0556. The van der Waals surface area contributed by atoms with Crippen LogP contribution < -0.4 is 0 Å². The summed E-state index contributed by atoms with van der Waals surface area (Å²) in [5.41, 5.74) is 0.130. The Morgan fingerprint density at radius 2 is 2.22 bits per heavy atom. The summed E-state index contributed by atoms with van der Waals surface area (Å²) >= 11 is 5.57. The number of aliphatic carboxylic acids is 1. The number of carboxylic acid groups (broad SMARTS) is 1. The predicted molar refractivity (Wildman–Crippen MR) is 60.3 cm³/mol. The number of ether oxygens (including phenoxy) is 1. The van der Waals surface area contributed by atoms with Gasteiger partial charge in [0.05, 0.1) is 13.2 Å². The van der Waals surface area contributed by atoms with E-state index in [1.807, 2.05) is 0 Å². The van der Waals surface area contributed by atoms with Crippen LogP contribution in [0.25, 0.3) is 0 Å². The van der Waals surface area contributed by atoms with Gasteiger partial charge >= 0.3 is 5.97 Å². The number of rotatable bonds is 2. The van der Waals surface area contributed by atoms with Gasteiger partial charge in [-0.25, -0.2) is 4.79 Å². The summed E-state index contributed by atoms with van der Waals surface area (Å²) in [6, 6.07) is 2.90. The summed E-state index contributed by atoms with van der Waals surface area (Å²) in [5.74, 6) is -1.47. The van der Waals surface area contributed by atoms with E-state index in [-0.39, 0.29) is 29.9 Å². The molecule has 18 heavy (non-hydrogen) atoms. The standard InChI is InChI=1S/C10H10ClN3O4/c11-8-2-1-6(12-13-8)9(15)14-3-4-18-7(5-14)10(16)17/h1-2,7H,3-5H2,(H,16,17). The maximum atomic E-state index is 12.0. The molecule has 0 radical (unpaired) electrons.